The lowest BCUT2D eigenvalue weighted by Gasteiger charge is -2.22. The van der Waals surface area contributed by atoms with E-state index in [1.807, 2.05) is 18.3 Å². The van der Waals surface area contributed by atoms with Crippen LogP contribution in [-0.2, 0) is 6.42 Å². The lowest BCUT2D eigenvalue weighted by molar-refractivity contribution is 0.355. The van der Waals surface area contributed by atoms with Crippen LogP contribution in [0.5, 0.6) is 11.5 Å². The molecule has 0 N–H and O–H groups in total. The molecule has 0 amide bonds. The molecule has 2 aromatic rings. The number of methoxy groups -OCH3 is 2. The van der Waals surface area contributed by atoms with Crippen LogP contribution < -0.4 is 14.4 Å². The normalized spacial score (nSPS) is 11.5. The van der Waals surface area contributed by atoms with E-state index in [4.69, 9.17) is 9.47 Å². The first kappa shape index (κ1) is 16.1. The first-order chi connectivity index (χ1) is 11.7. The number of hydrogen-bond acceptors (Lipinski definition) is 5. The Morgan fingerprint density at radius 2 is 1.79 bits per heavy atom. The molecule has 5 nitrogen and oxygen atoms in total. The fourth-order valence-electron chi connectivity index (χ4n) is 3.36. The molecular formula is C19H21N3O2. The Hall–Kier alpha value is -2.74. The van der Waals surface area contributed by atoms with Crippen molar-refractivity contribution in [3.05, 3.63) is 35.0 Å². The molecule has 0 saturated heterocycles. The third-order valence-electron chi connectivity index (χ3n) is 4.57. The highest BCUT2D eigenvalue weighted by atomic mass is 16.5. The van der Waals surface area contributed by atoms with Gasteiger partial charge in [-0.05, 0) is 42.7 Å². The second-order valence-corrected chi connectivity index (χ2v) is 5.68. The maximum absolute atomic E-state index is 9.80. The van der Waals surface area contributed by atoms with Crippen LogP contribution in [0, 0.1) is 11.3 Å². The van der Waals surface area contributed by atoms with Gasteiger partial charge in [0.25, 0.3) is 0 Å². The summed E-state index contributed by atoms with van der Waals surface area (Å²) in [7, 11) is 3.26. The molecule has 0 bridgehead atoms. The number of fused-ring (bicyclic) bond motifs is 3. The van der Waals surface area contributed by atoms with E-state index in [1.165, 1.54) is 0 Å². The zero-order valence-corrected chi connectivity index (χ0v) is 14.5. The van der Waals surface area contributed by atoms with Gasteiger partial charge >= 0.3 is 0 Å². The monoisotopic (exact) mass is 323 g/mol. The van der Waals surface area contributed by atoms with Crippen LogP contribution in [0.15, 0.2) is 18.3 Å². The van der Waals surface area contributed by atoms with Crippen molar-refractivity contribution in [2.75, 3.05) is 32.2 Å². The lowest BCUT2D eigenvalue weighted by atomic mass is 10.0. The number of nitriles is 1. The minimum absolute atomic E-state index is 0.641. The summed E-state index contributed by atoms with van der Waals surface area (Å²) in [6, 6.07) is 6.33. The van der Waals surface area contributed by atoms with E-state index in [0.717, 1.165) is 47.6 Å². The maximum Gasteiger partial charge on any atom is 0.161 e. The molecule has 124 valence electrons. The number of benzene rings is 1. The summed E-state index contributed by atoms with van der Waals surface area (Å²) in [6.45, 7) is 5.77. The van der Waals surface area contributed by atoms with Gasteiger partial charge < -0.3 is 14.4 Å². The van der Waals surface area contributed by atoms with Gasteiger partial charge in [-0.1, -0.05) is 0 Å². The van der Waals surface area contributed by atoms with Crippen molar-refractivity contribution in [3.63, 3.8) is 0 Å². The van der Waals surface area contributed by atoms with Crippen LogP contribution in [-0.4, -0.2) is 32.3 Å². The SMILES string of the molecule is CCN(CC)c1ncc2c(c1C#N)-c1cc(OC)c(OC)cc1C2. The van der Waals surface area contributed by atoms with Crippen LogP contribution in [0.3, 0.4) is 0 Å². The van der Waals surface area contributed by atoms with Crippen molar-refractivity contribution in [2.24, 2.45) is 0 Å². The molecule has 3 rings (SSSR count). The fraction of sp³-hybridized carbons (Fsp3) is 0.368. The van der Waals surface area contributed by atoms with Gasteiger partial charge in [0.2, 0.25) is 0 Å². The molecule has 0 radical (unpaired) electrons. The second-order valence-electron chi connectivity index (χ2n) is 5.68. The van der Waals surface area contributed by atoms with Crippen molar-refractivity contribution in [1.82, 2.24) is 4.98 Å². The smallest absolute Gasteiger partial charge is 0.161 e. The number of nitrogens with zero attached hydrogens (tertiary/aromatic N) is 3. The predicted molar refractivity (Wildman–Crippen MR) is 93.9 cm³/mol. The summed E-state index contributed by atoms with van der Waals surface area (Å²) < 4.78 is 10.8. The topological polar surface area (TPSA) is 58.4 Å². The van der Waals surface area contributed by atoms with Gasteiger partial charge in [0, 0.05) is 31.3 Å². The van der Waals surface area contributed by atoms with Gasteiger partial charge in [0.05, 0.1) is 14.2 Å². The molecule has 0 saturated carbocycles. The fourth-order valence-corrected chi connectivity index (χ4v) is 3.36. The number of aromatic nitrogens is 1. The Morgan fingerprint density at radius 1 is 1.12 bits per heavy atom. The van der Waals surface area contributed by atoms with E-state index in [0.29, 0.717) is 17.1 Å². The lowest BCUT2D eigenvalue weighted by Crippen LogP contribution is -2.24. The van der Waals surface area contributed by atoms with Crippen LogP contribution in [0.4, 0.5) is 5.82 Å². The van der Waals surface area contributed by atoms with Crippen molar-refractivity contribution < 1.29 is 9.47 Å². The molecule has 1 aliphatic carbocycles. The summed E-state index contributed by atoms with van der Waals surface area (Å²) in [4.78, 5) is 6.68. The molecule has 0 unspecified atom stereocenters. The number of ether oxygens (including phenoxy) is 2. The third-order valence-corrected chi connectivity index (χ3v) is 4.57. The van der Waals surface area contributed by atoms with Crippen LogP contribution >= 0.6 is 0 Å². The minimum atomic E-state index is 0.641. The zero-order chi connectivity index (χ0) is 17.3. The minimum Gasteiger partial charge on any atom is -0.493 e. The summed E-state index contributed by atoms with van der Waals surface area (Å²) in [5.74, 6) is 2.14. The Balaban J connectivity index is 2.24. The zero-order valence-electron chi connectivity index (χ0n) is 14.5. The van der Waals surface area contributed by atoms with E-state index in [2.05, 4.69) is 29.8 Å². The maximum atomic E-state index is 9.80. The first-order valence-corrected chi connectivity index (χ1v) is 8.10. The largest absolute Gasteiger partial charge is 0.493 e. The highest BCUT2D eigenvalue weighted by Gasteiger charge is 2.27. The van der Waals surface area contributed by atoms with Gasteiger partial charge in [-0.3, -0.25) is 0 Å². The molecule has 1 aromatic heterocycles. The Labute approximate surface area is 142 Å². The van der Waals surface area contributed by atoms with E-state index in [-0.39, 0.29) is 0 Å². The van der Waals surface area contributed by atoms with Crippen molar-refractivity contribution in [1.29, 1.82) is 5.26 Å². The van der Waals surface area contributed by atoms with E-state index in [1.54, 1.807) is 14.2 Å². The molecule has 24 heavy (non-hydrogen) atoms. The molecule has 0 atom stereocenters. The molecule has 1 heterocycles. The molecule has 0 aliphatic heterocycles. The Morgan fingerprint density at radius 3 is 2.38 bits per heavy atom. The summed E-state index contributed by atoms with van der Waals surface area (Å²) in [5, 5.41) is 9.80. The Kier molecular flexibility index (Phi) is 4.30. The van der Waals surface area contributed by atoms with Gasteiger partial charge in [-0.15, -0.1) is 0 Å². The number of pyridine rings is 1. The molecule has 0 spiro atoms. The number of hydrogen-bond donors (Lipinski definition) is 0. The first-order valence-electron chi connectivity index (χ1n) is 8.10. The predicted octanol–water partition coefficient (Wildman–Crippen LogP) is 3.39. The summed E-state index contributed by atoms with van der Waals surface area (Å²) in [5.41, 5.74) is 4.87. The van der Waals surface area contributed by atoms with Crippen LogP contribution in [0.1, 0.15) is 30.5 Å². The molecular weight excluding hydrogens is 302 g/mol. The van der Waals surface area contributed by atoms with E-state index < -0.39 is 0 Å². The summed E-state index contributed by atoms with van der Waals surface area (Å²) >= 11 is 0. The van der Waals surface area contributed by atoms with Crippen molar-refractivity contribution in [3.8, 4) is 28.7 Å². The highest BCUT2D eigenvalue weighted by molar-refractivity contribution is 5.86. The molecule has 0 fully saturated rings. The van der Waals surface area contributed by atoms with Crippen molar-refractivity contribution in [2.45, 2.75) is 20.3 Å². The standard InChI is InChI=1S/C19H21N3O2/c1-5-22(6-2)19-15(10-20)18-13(11-21-19)7-12-8-16(23-3)17(24-4)9-14(12)18/h8-9,11H,5-7H2,1-4H3. The highest BCUT2D eigenvalue weighted by Crippen LogP contribution is 2.45. The van der Waals surface area contributed by atoms with Gasteiger partial charge in [-0.2, -0.15) is 5.26 Å². The second kappa shape index (κ2) is 6.40. The van der Waals surface area contributed by atoms with Crippen molar-refractivity contribution >= 4 is 5.82 Å². The number of anilines is 1. The Bertz CT molecular complexity index is 820. The summed E-state index contributed by atoms with van der Waals surface area (Å²) in [6.07, 6.45) is 2.65. The number of rotatable bonds is 5. The van der Waals surface area contributed by atoms with Gasteiger partial charge in [0.15, 0.2) is 11.5 Å². The third kappa shape index (κ3) is 2.35. The van der Waals surface area contributed by atoms with Gasteiger partial charge in [-0.25, -0.2) is 4.98 Å². The average molecular weight is 323 g/mol. The van der Waals surface area contributed by atoms with Crippen LogP contribution in [0.2, 0.25) is 0 Å². The average Bonchev–Trinajstić information content (AvgIpc) is 2.98. The van der Waals surface area contributed by atoms with Crippen LogP contribution in [0.25, 0.3) is 11.1 Å². The van der Waals surface area contributed by atoms with E-state index >= 15 is 0 Å². The molecule has 5 heteroatoms. The molecule has 1 aliphatic rings. The molecule has 1 aromatic carbocycles. The van der Waals surface area contributed by atoms with Gasteiger partial charge in [0.1, 0.15) is 17.5 Å². The van der Waals surface area contributed by atoms with E-state index in [9.17, 15) is 5.26 Å². The quantitative estimate of drug-likeness (QED) is 0.720.